The second-order valence-electron chi connectivity index (χ2n) is 4.25. The number of non-ortho nitro benzene ring substituents is 2. The summed E-state index contributed by atoms with van der Waals surface area (Å²) in [6.07, 6.45) is 1.54. The molecule has 0 spiro atoms. The molecule has 20 heavy (non-hydrogen) atoms. The molecule has 8 nitrogen and oxygen atoms in total. The number of hydrogen-bond acceptors (Lipinski definition) is 5. The van der Waals surface area contributed by atoms with Crippen LogP contribution in [0, 0.1) is 20.2 Å². The van der Waals surface area contributed by atoms with E-state index >= 15 is 0 Å². The smallest absolute Gasteiger partial charge is 0.278 e. The normalized spacial score (nSPS) is 10.1. The molecule has 1 rings (SSSR count). The van der Waals surface area contributed by atoms with Gasteiger partial charge in [-0.05, 0) is 6.42 Å². The van der Waals surface area contributed by atoms with Gasteiger partial charge in [0.05, 0.1) is 21.6 Å². The number of unbranched alkanes of at least 4 members (excludes halogenated alkanes) is 1. The fourth-order valence-electron chi connectivity index (χ4n) is 1.73. The first-order valence-electron chi connectivity index (χ1n) is 6.08. The third kappa shape index (κ3) is 3.74. The molecule has 0 N–H and O–H groups in total. The molecule has 0 fully saturated rings. The first-order valence-corrected chi connectivity index (χ1v) is 6.08. The van der Waals surface area contributed by atoms with E-state index in [4.69, 9.17) is 0 Å². The lowest BCUT2D eigenvalue weighted by Gasteiger charge is -2.20. The molecule has 0 saturated carbocycles. The van der Waals surface area contributed by atoms with Crippen molar-refractivity contribution in [1.82, 2.24) is 0 Å². The van der Waals surface area contributed by atoms with Crippen LogP contribution >= 0.6 is 0 Å². The van der Waals surface area contributed by atoms with E-state index in [1.807, 2.05) is 6.92 Å². The van der Waals surface area contributed by atoms with E-state index in [-0.39, 0.29) is 11.6 Å². The first-order chi connectivity index (χ1) is 9.36. The minimum Gasteiger partial charge on any atom is -0.312 e. The maximum Gasteiger partial charge on any atom is 0.278 e. The van der Waals surface area contributed by atoms with E-state index in [0.29, 0.717) is 13.0 Å². The van der Waals surface area contributed by atoms with Crippen molar-refractivity contribution in [3.05, 3.63) is 38.4 Å². The maximum absolute atomic E-state index is 11.6. The molecule has 1 aromatic rings. The molecule has 0 aliphatic heterocycles. The summed E-state index contributed by atoms with van der Waals surface area (Å²) in [4.78, 5) is 33.1. The van der Waals surface area contributed by atoms with Crippen LogP contribution in [0.2, 0.25) is 0 Å². The van der Waals surface area contributed by atoms with Crippen molar-refractivity contribution in [2.45, 2.75) is 26.7 Å². The molecular formula is C12H15N3O5. The SMILES string of the molecule is CCCCN(C(C)=O)c1cc([N+](=O)[O-])cc([N+](=O)[O-])c1. The molecule has 0 aliphatic rings. The fourth-order valence-corrected chi connectivity index (χ4v) is 1.73. The molecule has 8 heteroatoms. The molecule has 0 atom stereocenters. The lowest BCUT2D eigenvalue weighted by Crippen LogP contribution is -2.29. The third-order valence-electron chi connectivity index (χ3n) is 2.74. The Morgan fingerprint density at radius 2 is 1.65 bits per heavy atom. The molecule has 0 bridgehead atoms. The second kappa shape index (κ2) is 6.60. The van der Waals surface area contributed by atoms with Gasteiger partial charge in [0, 0.05) is 25.6 Å². The van der Waals surface area contributed by atoms with Gasteiger partial charge in [0.2, 0.25) is 5.91 Å². The zero-order valence-corrected chi connectivity index (χ0v) is 11.2. The topological polar surface area (TPSA) is 107 Å². The quantitative estimate of drug-likeness (QED) is 0.588. The van der Waals surface area contributed by atoms with Gasteiger partial charge in [-0.2, -0.15) is 0 Å². The van der Waals surface area contributed by atoms with E-state index < -0.39 is 21.2 Å². The van der Waals surface area contributed by atoms with Crippen molar-refractivity contribution in [3.8, 4) is 0 Å². The summed E-state index contributed by atoms with van der Waals surface area (Å²) >= 11 is 0. The summed E-state index contributed by atoms with van der Waals surface area (Å²) in [5, 5.41) is 21.6. The highest BCUT2D eigenvalue weighted by Crippen LogP contribution is 2.28. The van der Waals surface area contributed by atoms with E-state index in [1.165, 1.54) is 24.0 Å². The Kier molecular flexibility index (Phi) is 5.13. The van der Waals surface area contributed by atoms with E-state index in [1.54, 1.807) is 0 Å². The van der Waals surface area contributed by atoms with Gasteiger partial charge in [-0.3, -0.25) is 25.0 Å². The molecule has 0 aliphatic carbocycles. The average molecular weight is 281 g/mol. The summed E-state index contributed by atoms with van der Waals surface area (Å²) in [5.74, 6) is -0.312. The van der Waals surface area contributed by atoms with Gasteiger partial charge >= 0.3 is 0 Å². The summed E-state index contributed by atoms with van der Waals surface area (Å²) in [6, 6.07) is 3.22. The summed E-state index contributed by atoms with van der Waals surface area (Å²) in [6.45, 7) is 3.62. The van der Waals surface area contributed by atoms with Crippen LogP contribution in [0.25, 0.3) is 0 Å². The van der Waals surface area contributed by atoms with Crippen LogP contribution < -0.4 is 4.90 Å². The number of carbonyl (C=O) groups excluding carboxylic acids is 1. The van der Waals surface area contributed by atoms with Crippen molar-refractivity contribution in [2.75, 3.05) is 11.4 Å². The molecule has 108 valence electrons. The third-order valence-corrected chi connectivity index (χ3v) is 2.74. The number of hydrogen-bond donors (Lipinski definition) is 0. The van der Waals surface area contributed by atoms with Crippen LogP contribution in [0.4, 0.5) is 17.1 Å². The molecular weight excluding hydrogens is 266 g/mol. The fraction of sp³-hybridized carbons (Fsp3) is 0.417. The number of rotatable bonds is 6. The van der Waals surface area contributed by atoms with E-state index in [0.717, 1.165) is 12.5 Å². The summed E-state index contributed by atoms with van der Waals surface area (Å²) in [7, 11) is 0. The first kappa shape index (κ1) is 15.5. The lowest BCUT2D eigenvalue weighted by molar-refractivity contribution is -0.394. The minimum absolute atomic E-state index is 0.173. The highest BCUT2D eigenvalue weighted by Gasteiger charge is 2.21. The lowest BCUT2D eigenvalue weighted by atomic mass is 10.2. The van der Waals surface area contributed by atoms with Crippen LogP contribution in [0.5, 0.6) is 0 Å². The number of carbonyl (C=O) groups is 1. The monoisotopic (exact) mass is 281 g/mol. The van der Waals surface area contributed by atoms with Crippen molar-refractivity contribution in [1.29, 1.82) is 0 Å². The predicted molar refractivity (Wildman–Crippen MR) is 72.7 cm³/mol. The van der Waals surface area contributed by atoms with E-state index in [2.05, 4.69) is 0 Å². The Morgan fingerprint density at radius 3 is 2.00 bits per heavy atom. The molecule has 0 aromatic heterocycles. The molecule has 0 unspecified atom stereocenters. The Balaban J connectivity index is 3.29. The van der Waals surface area contributed by atoms with Crippen LogP contribution in [0.3, 0.4) is 0 Å². The molecule has 0 saturated heterocycles. The zero-order chi connectivity index (χ0) is 15.3. The van der Waals surface area contributed by atoms with Crippen molar-refractivity contribution >= 4 is 23.0 Å². The van der Waals surface area contributed by atoms with Crippen molar-refractivity contribution in [2.24, 2.45) is 0 Å². The average Bonchev–Trinajstić information content (AvgIpc) is 2.38. The molecule has 0 radical (unpaired) electrons. The van der Waals surface area contributed by atoms with E-state index in [9.17, 15) is 25.0 Å². The largest absolute Gasteiger partial charge is 0.312 e. The standard InChI is InChI=1S/C12H15N3O5/c1-3-4-5-13(9(2)16)10-6-11(14(17)18)8-12(7-10)15(19)20/h6-8H,3-5H2,1-2H3. The zero-order valence-electron chi connectivity index (χ0n) is 11.2. The second-order valence-corrected chi connectivity index (χ2v) is 4.25. The number of anilines is 1. The van der Waals surface area contributed by atoms with Gasteiger partial charge in [-0.25, -0.2) is 0 Å². The maximum atomic E-state index is 11.6. The van der Waals surface area contributed by atoms with Gasteiger partial charge in [-0.1, -0.05) is 13.3 Å². The van der Waals surface area contributed by atoms with Crippen LogP contribution in [0.1, 0.15) is 26.7 Å². The number of benzene rings is 1. The Morgan fingerprint density at radius 1 is 1.15 bits per heavy atom. The Hall–Kier alpha value is -2.51. The number of nitrogens with zero attached hydrogens (tertiary/aromatic N) is 3. The summed E-state index contributed by atoms with van der Waals surface area (Å²) in [5.41, 5.74) is -0.638. The van der Waals surface area contributed by atoms with Crippen molar-refractivity contribution in [3.63, 3.8) is 0 Å². The van der Waals surface area contributed by atoms with Gasteiger partial charge in [0.15, 0.2) is 0 Å². The number of nitro benzene ring substituents is 2. The molecule has 1 amide bonds. The highest BCUT2D eigenvalue weighted by molar-refractivity contribution is 5.92. The van der Waals surface area contributed by atoms with Gasteiger partial charge in [0.25, 0.3) is 11.4 Å². The number of amides is 1. The van der Waals surface area contributed by atoms with Crippen molar-refractivity contribution < 1.29 is 14.6 Å². The van der Waals surface area contributed by atoms with Crippen LogP contribution in [0.15, 0.2) is 18.2 Å². The number of nitro groups is 2. The Labute approximate surface area is 115 Å². The van der Waals surface area contributed by atoms with Crippen LogP contribution in [-0.2, 0) is 4.79 Å². The predicted octanol–water partition coefficient (Wildman–Crippen LogP) is 2.66. The minimum atomic E-state index is -0.714. The Bertz CT molecular complexity index is 512. The highest BCUT2D eigenvalue weighted by atomic mass is 16.6. The van der Waals surface area contributed by atoms with Gasteiger partial charge in [-0.15, -0.1) is 0 Å². The summed E-state index contributed by atoms with van der Waals surface area (Å²) < 4.78 is 0. The van der Waals surface area contributed by atoms with Gasteiger partial charge in [0.1, 0.15) is 0 Å². The molecule has 0 heterocycles. The van der Waals surface area contributed by atoms with Gasteiger partial charge < -0.3 is 4.90 Å². The molecule has 1 aromatic carbocycles. The van der Waals surface area contributed by atoms with Crippen LogP contribution in [-0.4, -0.2) is 22.3 Å².